The predicted octanol–water partition coefficient (Wildman–Crippen LogP) is 0.439. The van der Waals surface area contributed by atoms with Crippen molar-refractivity contribution in [1.82, 2.24) is 0 Å². The Hall–Kier alpha value is -1.38. The Balaban J connectivity index is 2.54. The van der Waals surface area contributed by atoms with Gasteiger partial charge in [-0.1, -0.05) is 36.3 Å². The summed E-state index contributed by atoms with van der Waals surface area (Å²) < 4.78 is 5.21. The van der Waals surface area contributed by atoms with E-state index in [0.29, 0.717) is 5.56 Å². The van der Waals surface area contributed by atoms with Gasteiger partial charge < -0.3 is 20.1 Å². The minimum absolute atomic E-state index is 0.0803. The summed E-state index contributed by atoms with van der Waals surface area (Å²) in [5.41, 5.74) is 0.589. The maximum atomic E-state index is 9.75. The van der Waals surface area contributed by atoms with Gasteiger partial charge in [0.2, 0.25) is 0 Å². The molecule has 92 valence electrons. The van der Waals surface area contributed by atoms with Crippen molar-refractivity contribution in [2.45, 2.75) is 24.9 Å². The molecule has 0 heterocycles. The van der Waals surface area contributed by atoms with Gasteiger partial charge in [-0.15, -0.1) is 6.42 Å². The highest BCUT2D eigenvalue weighted by atomic mass is 16.6. The average Bonchev–Trinajstić information content (AvgIpc) is 2.38. The summed E-state index contributed by atoms with van der Waals surface area (Å²) in [7, 11) is 0. The lowest BCUT2D eigenvalue weighted by Crippen LogP contribution is -2.23. The van der Waals surface area contributed by atoms with Crippen molar-refractivity contribution in [2.24, 2.45) is 0 Å². The monoisotopic (exact) mass is 236 g/mol. The van der Waals surface area contributed by atoms with Crippen LogP contribution >= 0.6 is 0 Å². The lowest BCUT2D eigenvalue weighted by atomic mass is 10.1. The summed E-state index contributed by atoms with van der Waals surface area (Å²) in [4.78, 5) is 0. The van der Waals surface area contributed by atoms with Crippen LogP contribution in [0, 0.1) is 12.3 Å². The number of terminal acetylenes is 1. The SMILES string of the molecule is C#C[C@H](C[C@H](O)CO)OC(O)c1ccccc1. The first-order chi connectivity index (χ1) is 8.17. The fourth-order valence-electron chi connectivity index (χ4n) is 1.34. The molecular formula is C13H16O4. The van der Waals surface area contributed by atoms with Gasteiger partial charge in [0.1, 0.15) is 6.10 Å². The van der Waals surface area contributed by atoms with E-state index in [4.69, 9.17) is 16.3 Å². The zero-order valence-corrected chi connectivity index (χ0v) is 9.36. The molecule has 1 aromatic carbocycles. The van der Waals surface area contributed by atoms with Crippen LogP contribution in [0.5, 0.6) is 0 Å². The quantitative estimate of drug-likeness (QED) is 0.495. The molecule has 17 heavy (non-hydrogen) atoms. The molecular weight excluding hydrogens is 220 g/mol. The molecule has 0 amide bonds. The van der Waals surface area contributed by atoms with Crippen molar-refractivity contribution < 1.29 is 20.1 Å². The molecule has 0 radical (unpaired) electrons. The molecule has 1 rings (SSSR count). The number of rotatable bonds is 6. The van der Waals surface area contributed by atoms with Crippen molar-refractivity contribution in [3.05, 3.63) is 35.9 Å². The summed E-state index contributed by atoms with van der Waals surface area (Å²) in [5.74, 6) is 2.31. The van der Waals surface area contributed by atoms with Crippen LogP contribution in [0.3, 0.4) is 0 Å². The second kappa shape index (κ2) is 7.05. The minimum Gasteiger partial charge on any atom is -0.394 e. The first-order valence-electron chi connectivity index (χ1n) is 5.31. The van der Waals surface area contributed by atoms with Gasteiger partial charge in [-0.3, -0.25) is 0 Å². The van der Waals surface area contributed by atoms with Crippen LogP contribution in [0.4, 0.5) is 0 Å². The van der Waals surface area contributed by atoms with Crippen LogP contribution in [-0.2, 0) is 4.74 Å². The topological polar surface area (TPSA) is 69.9 Å². The number of ether oxygens (including phenoxy) is 1. The summed E-state index contributed by atoms with van der Waals surface area (Å²) >= 11 is 0. The van der Waals surface area contributed by atoms with Crippen molar-refractivity contribution in [3.8, 4) is 12.3 Å². The Morgan fingerprint density at radius 1 is 1.24 bits per heavy atom. The minimum atomic E-state index is -1.14. The van der Waals surface area contributed by atoms with Crippen molar-refractivity contribution >= 4 is 0 Å². The first kappa shape index (κ1) is 13.7. The number of hydrogen-bond donors (Lipinski definition) is 3. The molecule has 0 aliphatic heterocycles. The number of aliphatic hydroxyl groups excluding tert-OH is 3. The Bertz CT molecular complexity index is 357. The van der Waals surface area contributed by atoms with Gasteiger partial charge >= 0.3 is 0 Å². The molecule has 4 nitrogen and oxygen atoms in total. The zero-order valence-electron chi connectivity index (χ0n) is 9.36. The third-order valence-electron chi connectivity index (χ3n) is 2.26. The van der Waals surface area contributed by atoms with Crippen LogP contribution in [0.1, 0.15) is 18.3 Å². The molecule has 0 bridgehead atoms. The van der Waals surface area contributed by atoms with Crippen molar-refractivity contribution in [3.63, 3.8) is 0 Å². The third-order valence-corrected chi connectivity index (χ3v) is 2.26. The lowest BCUT2D eigenvalue weighted by Gasteiger charge is -2.19. The van der Waals surface area contributed by atoms with Crippen LogP contribution < -0.4 is 0 Å². The van der Waals surface area contributed by atoms with Crippen LogP contribution in [0.25, 0.3) is 0 Å². The summed E-state index contributed by atoms with van der Waals surface area (Å²) in [6.07, 6.45) is 2.48. The van der Waals surface area contributed by atoms with E-state index in [1.54, 1.807) is 24.3 Å². The highest BCUT2D eigenvalue weighted by Gasteiger charge is 2.17. The van der Waals surface area contributed by atoms with Gasteiger partial charge in [-0.05, 0) is 0 Å². The van der Waals surface area contributed by atoms with E-state index in [1.165, 1.54) is 0 Å². The Kier molecular flexibility index (Phi) is 5.67. The van der Waals surface area contributed by atoms with Crippen LogP contribution in [0.15, 0.2) is 30.3 Å². The largest absolute Gasteiger partial charge is 0.394 e. The molecule has 0 saturated carbocycles. The molecule has 0 saturated heterocycles. The normalized spacial score (nSPS) is 15.9. The van der Waals surface area contributed by atoms with E-state index in [-0.39, 0.29) is 13.0 Å². The molecule has 4 heteroatoms. The Morgan fingerprint density at radius 2 is 1.88 bits per heavy atom. The zero-order chi connectivity index (χ0) is 12.7. The Labute approximate surface area is 100 Å². The van der Waals surface area contributed by atoms with Crippen molar-refractivity contribution in [1.29, 1.82) is 0 Å². The standard InChI is InChI=1S/C13H16O4/c1-2-12(8-11(15)9-14)17-13(16)10-6-4-3-5-7-10/h1,3-7,11-16H,8-9H2/t11-,12+,13?/m0/s1. The molecule has 0 aromatic heterocycles. The van der Waals surface area contributed by atoms with E-state index in [0.717, 1.165) is 0 Å². The summed E-state index contributed by atoms with van der Waals surface area (Å²) in [6.45, 7) is -0.386. The number of benzene rings is 1. The molecule has 0 fully saturated rings. The molecule has 0 spiro atoms. The van der Waals surface area contributed by atoms with Crippen LogP contribution in [-0.4, -0.2) is 34.1 Å². The molecule has 0 aliphatic carbocycles. The van der Waals surface area contributed by atoms with Gasteiger partial charge in [0.15, 0.2) is 6.29 Å². The molecule has 1 aromatic rings. The van der Waals surface area contributed by atoms with Gasteiger partial charge in [0, 0.05) is 12.0 Å². The highest BCUT2D eigenvalue weighted by molar-refractivity contribution is 5.16. The van der Waals surface area contributed by atoms with E-state index < -0.39 is 18.5 Å². The highest BCUT2D eigenvalue weighted by Crippen LogP contribution is 2.17. The fourth-order valence-corrected chi connectivity index (χ4v) is 1.34. The van der Waals surface area contributed by atoms with Gasteiger partial charge in [0.05, 0.1) is 12.7 Å². The van der Waals surface area contributed by atoms with Gasteiger partial charge in [-0.2, -0.15) is 0 Å². The predicted molar refractivity (Wildman–Crippen MR) is 62.8 cm³/mol. The Morgan fingerprint density at radius 3 is 2.41 bits per heavy atom. The molecule has 0 aliphatic rings. The van der Waals surface area contributed by atoms with Crippen LogP contribution in [0.2, 0.25) is 0 Å². The maximum Gasteiger partial charge on any atom is 0.182 e. The average molecular weight is 236 g/mol. The second-order valence-corrected chi connectivity index (χ2v) is 3.63. The lowest BCUT2D eigenvalue weighted by molar-refractivity contribution is -0.132. The van der Waals surface area contributed by atoms with E-state index in [9.17, 15) is 10.2 Å². The van der Waals surface area contributed by atoms with E-state index in [1.807, 2.05) is 6.07 Å². The van der Waals surface area contributed by atoms with Crippen molar-refractivity contribution in [2.75, 3.05) is 6.61 Å². The summed E-state index contributed by atoms with van der Waals surface area (Å²) in [5, 5.41) is 27.7. The van der Waals surface area contributed by atoms with E-state index >= 15 is 0 Å². The second-order valence-electron chi connectivity index (χ2n) is 3.63. The maximum absolute atomic E-state index is 9.75. The number of hydrogen-bond acceptors (Lipinski definition) is 4. The fraction of sp³-hybridized carbons (Fsp3) is 0.385. The first-order valence-corrected chi connectivity index (χ1v) is 5.31. The molecule has 3 atom stereocenters. The molecule has 3 N–H and O–H groups in total. The summed E-state index contributed by atoms with van der Waals surface area (Å²) in [6, 6.07) is 8.79. The van der Waals surface area contributed by atoms with E-state index in [2.05, 4.69) is 5.92 Å². The third kappa shape index (κ3) is 4.55. The molecule has 1 unspecified atom stereocenters. The number of aliphatic hydroxyl groups is 3. The smallest absolute Gasteiger partial charge is 0.182 e. The van der Waals surface area contributed by atoms with Gasteiger partial charge in [-0.25, -0.2) is 0 Å². The van der Waals surface area contributed by atoms with Gasteiger partial charge in [0.25, 0.3) is 0 Å².